The second-order valence-electron chi connectivity index (χ2n) is 5.68. The second kappa shape index (κ2) is 10.3. The molecule has 152 valence electrons. The second-order valence-corrected chi connectivity index (χ2v) is 7.27. The molecule has 2 aromatic carbocycles. The number of aromatic nitrogens is 1. The predicted molar refractivity (Wildman–Crippen MR) is 113 cm³/mol. The molecule has 0 radical (unpaired) electrons. The van der Waals surface area contributed by atoms with Gasteiger partial charge in [-0.15, -0.1) is 19.6 Å². The molecular weight excluding hydrogens is 469 g/mol. The number of anilines is 1. The van der Waals surface area contributed by atoms with Crippen LogP contribution in [0.1, 0.15) is 15.9 Å². The molecule has 0 amide bonds. The monoisotopic (exact) mass is 484 g/mol. The van der Waals surface area contributed by atoms with Crippen molar-refractivity contribution in [2.45, 2.75) is 13.3 Å². The average Bonchev–Trinajstić information content (AvgIpc) is 3.07. The average molecular weight is 485 g/mol. The first-order chi connectivity index (χ1) is 13.7. The lowest BCUT2D eigenvalue weighted by molar-refractivity contribution is -0.274. The van der Waals surface area contributed by atoms with Gasteiger partial charge in [0.2, 0.25) is 0 Å². The minimum Gasteiger partial charge on any atom is -0.406 e. The number of nitrogens with zero attached hydrogens (tertiary/aromatic N) is 1. The van der Waals surface area contributed by atoms with E-state index in [1.54, 1.807) is 0 Å². The Labute approximate surface area is 178 Å². The number of aryl methyl sites for hydroxylation is 1. The number of fused-ring (bicyclic) bond motifs is 1. The van der Waals surface area contributed by atoms with Gasteiger partial charge in [0.05, 0.1) is 22.1 Å². The number of nitrogens with one attached hydrogen (secondary N) is 1. The molecule has 0 spiro atoms. The van der Waals surface area contributed by atoms with E-state index in [9.17, 15) is 18.0 Å². The summed E-state index contributed by atoms with van der Waals surface area (Å²) in [5, 5.41) is 3.82. The molecule has 0 unspecified atom stereocenters. The first kappa shape index (κ1) is 22.7. The molecule has 0 aliphatic heterocycles. The van der Waals surface area contributed by atoms with Crippen molar-refractivity contribution in [2.24, 2.45) is 0 Å². The number of ketones is 1. The predicted octanol–water partition coefficient (Wildman–Crippen LogP) is 5.81. The van der Waals surface area contributed by atoms with E-state index >= 15 is 0 Å². The summed E-state index contributed by atoms with van der Waals surface area (Å²) in [7, 11) is 0. The number of Topliss-reactive ketones (excluding diaryl/α,β-unsaturated/α-hetero) is 1. The maximum atomic E-state index is 12.0. The first-order valence-electron chi connectivity index (χ1n) is 8.21. The van der Waals surface area contributed by atoms with Crippen molar-refractivity contribution in [3.8, 4) is 18.1 Å². The SMILES string of the molecule is C#CCNc1nc2ccc(OC(F)(F)F)cc2s1.Cc1ccc(C(=O)CBr)cc1. The summed E-state index contributed by atoms with van der Waals surface area (Å²) in [6.45, 7) is 2.31. The quantitative estimate of drug-likeness (QED) is 0.282. The Morgan fingerprint density at radius 1 is 1.28 bits per heavy atom. The van der Waals surface area contributed by atoms with E-state index < -0.39 is 6.36 Å². The largest absolute Gasteiger partial charge is 0.573 e. The molecule has 1 aromatic heterocycles. The molecule has 0 saturated heterocycles. The normalized spacial score (nSPS) is 10.6. The summed E-state index contributed by atoms with van der Waals surface area (Å²) in [4.78, 5) is 15.2. The van der Waals surface area contributed by atoms with Crippen LogP contribution in [0.3, 0.4) is 0 Å². The van der Waals surface area contributed by atoms with Crippen LogP contribution >= 0.6 is 27.3 Å². The van der Waals surface area contributed by atoms with Crippen LogP contribution in [0.15, 0.2) is 42.5 Å². The lowest BCUT2D eigenvalue weighted by atomic mass is 10.1. The van der Waals surface area contributed by atoms with Gasteiger partial charge in [-0.25, -0.2) is 4.98 Å². The standard InChI is InChI=1S/C11H7F3N2OS.C9H9BrO/c1-2-5-15-10-16-8-4-3-7(6-9(8)18-10)17-11(12,13)14;1-7-2-4-8(5-3-7)9(11)6-10/h1,3-4,6H,5H2,(H,15,16);2-5H,6H2,1H3. The summed E-state index contributed by atoms with van der Waals surface area (Å²) in [6.07, 6.45) is 0.392. The molecule has 3 aromatic rings. The zero-order valence-electron chi connectivity index (χ0n) is 15.2. The van der Waals surface area contributed by atoms with Crippen molar-refractivity contribution in [3.63, 3.8) is 0 Å². The van der Waals surface area contributed by atoms with E-state index in [0.717, 1.165) is 5.56 Å². The number of halogens is 4. The Hall–Kier alpha value is -2.57. The van der Waals surface area contributed by atoms with Crippen molar-refractivity contribution in [1.82, 2.24) is 4.98 Å². The number of carbonyl (C=O) groups excluding carboxylic acids is 1. The number of carbonyl (C=O) groups is 1. The molecule has 3 rings (SSSR count). The van der Waals surface area contributed by atoms with Crippen LogP contribution in [0.4, 0.5) is 18.3 Å². The zero-order chi connectivity index (χ0) is 21.4. The molecule has 0 saturated carbocycles. The minimum atomic E-state index is -4.69. The maximum absolute atomic E-state index is 12.0. The van der Waals surface area contributed by atoms with Crippen LogP contribution in [-0.2, 0) is 0 Å². The van der Waals surface area contributed by atoms with Crippen LogP contribution in [0.25, 0.3) is 10.2 Å². The highest BCUT2D eigenvalue weighted by molar-refractivity contribution is 9.09. The molecular formula is C20H16BrF3N2O2S. The molecule has 0 aliphatic rings. The van der Waals surface area contributed by atoms with Gasteiger partial charge in [0.25, 0.3) is 0 Å². The van der Waals surface area contributed by atoms with Gasteiger partial charge in [-0.3, -0.25) is 4.79 Å². The summed E-state index contributed by atoms with van der Waals surface area (Å²) in [5.74, 6) is 2.25. The fourth-order valence-corrected chi connectivity index (χ4v) is 3.33. The fourth-order valence-electron chi connectivity index (χ4n) is 2.12. The molecule has 9 heteroatoms. The van der Waals surface area contributed by atoms with Crippen LogP contribution < -0.4 is 10.1 Å². The number of hydrogen-bond donors (Lipinski definition) is 1. The van der Waals surface area contributed by atoms with Crippen LogP contribution in [0.5, 0.6) is 5.75 Å². The molecule has 4 nitrogen and oxygen atoms in total. The Morgan fingerprint density at radius 3 is 2.55 bits per heavy atom. The number of ether oxygens (including phenoxy) is 1. The Kier molecular flexibility index (Phi) is 8.05. The Bertz CT molecular complexity index is 1010. The maximum Gasteiger partial charge on any atom is 0.573 e. The smallest absolute Gasteiger partial charge is 0.406 e. The van der Waals surface area contributed by atoms with Gasteiger partial charge in [-0.05, 0) is 19.1 Å². The van der Waals surface area contributed by atoms with Gasteiger partial charge >= 0.3 is 6.36 Å². The number of alkyl halides is 4. The Morgan fingerprint density at radius 2 is 1.97 bits per heavy atom. The van der Waals surface area contributed by atoms with Crippen LogP contribution in [0.2, 0.25) is 0 Å². The molecule has 0 bridgehead atoms. The third-order valence-electron chi connectivity index (χ3n) is 3.43. The van der Waals surface area contributed by atoms with E-state index in [1.165, 1.54) is 35.1 Å². The number of rotatable bonds is 5. The summed E-state index contributed by atoms with van der Waals surface area (Å²) in [5.41, 5.74) is 2.54. The fraction of sp³-hybridized carbons (Fsp3) is 0.200. The van der Waals surface area contributed by atoms with Gasteiger partial charge in [-0.1, -0.05) is 63.0 Å². The zero-order valence-corrected chi connectivity index (χ0v) is 17.6. The highest BCUT2D eigenvalue weighted by atomic mass is 79.9. The van der Waals surface area contributed by atoms with Crippen molar-refractivity contribution >= 4 is 48.4 Å². The van der Waals surface area contributed by atoms with Crippen molar-refractivity contribution in [3.05, 3.63) is 53.6 Å². The lowest BCUT2D eigenvalue weighted by Gasteiger charge is -2.07. The molecule has 0 atom stereocenters. The molecule has 1 heterocycles. The summed E-state index contributed by atoms with van der Waals surface area (Å²) >= 11 is 4.33. The van der Waals surface area contributed by atoms with Crippen LogP contribution in [0, 0.1) is 19.3 Å². The highest BCUT2D eigenvalue weighted by Gasteiger charge is 2.31. The molecule has 1 N–H and O–H groups in total. The van der Waals surface area contributed by atoms with Crippen molar-refractivity contribution in [2.75, 3.05) is 17.2 Å². The van der Waals surface area contributed by atoms with Crippen molar-refractivity contribution in [1.29, 1.82) is 0 Å². The Balaban J connectivity index is 0.000000234. The number of terminal acetylenes is 1. The van der Waals surface area contributed by atoms with Gasteiger partial charge in [0, 0.05) is 11.6 Å². The van der Waals surface area contributed by atoms with E-state index in [4.69, 9.17) is 6.42 Å². The summed E-state index contributed by atoms with van der Waals surface area (Å²) < 4.78 is 40.6. The van der Waals surface area contributed by atoms with Gasteiger partial charge in [0.1, 0.15) is 5.75 Å². The van der Waals surface area contributed by atoms with E-state index in [-0.39, 0.29) is 11.5 Å². The van der Waals surface area contributed by atoms with Crippen molar-refractivity contribution < 1.29 is 22.7 Å². The highest BCUT2D eigenvalue weighted by Crippen LogP contribution is 2.31. The molecule has 29 heavy (non-hydrogen) atoms. The van der Waals surface area contributed by atoms with E-state index in [2.05, 4.69) is 36.9 Å². The van der Waals surface area contributed by atoms with Crippen LogP contribution in [-0.4, -0.2) is 29.0 Å². The van der Waals surface area contributed by atoms with E-state index in [1.807, 2.05) is 31.2 Å². The third-order valence-corrected chi connectivity index (χ3v) is 4.92. The van der Waals surface area contributed by atoms with E-state index in [0.29, 0.717) is 27.2 Å². The summed E-state index contributed by atoms with van der Waals surface area (Å²) in [6, 6.07) is 11.6. The number of thiazole rings is 1. The molecule has 0 aliphatic carbocycles. The third kappa shape index (κ3) is 7.40. The lowest BCUT2D eigenvalue weighted by Crippen LogP contribution is -2.16. The molecule has 0 fully saturated rings. The van der Waals surface area contributed by atoms with Gasteiger partial charge in [0.15, 0.2) is 10.9 Å². The first-order valence-corrected chi connectivity index (χ1v) is 10.1. The van der Waals surface area contributed by atoms with Gasteiger partial charge < -0.3 is 10.1 Å². The topological polar surface area (TPSA) is 51.2 Å². The number of benzene rings is 2. The van der Waals surface area contributed by atoms with Gasteiger partial charge in [-0.2, -0.15) is 0 Å². The minimum absolute atomic E-state index is 0.130. The number of hydrogen-bond acceptors (Lipinski definition) is 5.